The molecular weight excluding hydrogens is 324 g/mol. The summed E-state index contributed by atoms with van der Waals surface area (Å²) in [5.74, 6) is -2.82. The van der Waals surface area contributed by atoms with E-state index in [0.717, 1.165) is 0 Å². The first-order valence-electron chi connectivity index (χ1n) is 8.33. The highest BCUT2D eigenvalue weighted by atomic mass is 16.5. The summed E-state index contributed by atoms with van der Waals surface area (Å²) >= 11 is 0. The van der Waals surface area contributed by atoms with Crippen LogP contribution in [0, 0.1) is 5.41 Å². The van der Waals surface area contributed by atoms with Gasteiger partial charge in [0.25, 0.3) is 0 Å². The van der Waals surface area contributed by atoms with Crippen molar-refractivity contribution >= 4 is 17.5 Å². The largest absolute Gasteiger partial charge is 0.508 e. The molecule has 0 radical (unpaired) electrons. The van der Waals surface area contributed by atoms with Gasteiger partial charge >= 0.3 is 5.97 Å². The van der Waals surface area contributed by atoms with Gasteiger partial charge in [-0.1, -0.05) is 26.0 Å². The monoisotopic (exact) mass is 348 g/mol. The van der Waals surface area contributed by atoms with Crippen LogP contribution in [0.5, 0.6) is 5.75 Å². The maximum atomic E-state index is 12.7. The highest BCUT2D eigenvalue weighted by Crippen LogP contribution is 2.44. The molecule has 1 aliphatic rings. The quantitative estimate of drug-likeness (QED) is 0.624. The van der Waals surface area contributed by atoms with Crippen molar-refractivity contribution in [2.24, 2.45) is 5.41 Å². The smallest absolute Gasteiger partial charge is 0.306 e. The van der Waals surface area contributed by atoms with Gasteiger partial charge in [0.05, 0.1) is 13.0 Å². The van der Waals surface area contributed by atoms with E-state index in [9.17, 15) is 24.6 Å². The molecule has 0 saturated heterocycles. The van der Waals surface area contributed by atoms with E-state index in [2.05, 4.69) is 0 Å². The molecule has 1 unspecified atom stereocenters. The Hall–Kier alpha value is -2.21. The lowest BCUT2D eigenvalue weighted by Gasteiger charge is -2.41. The van der Waals surface area contributed by atoms with E-state index < -0.39 is 34.5 Å². The van der Waals surface area contributed by atoms with Crippen LogP contribution in [0.15, 0.2) is 24.3 Å². The molecule has 2 N–H and O–H groups in total. The molecule has 0 aromatic heterocycles. The molecule has 6 nitrogen and oxygen atoms in total. The molecule has 2 rings (SSSR count). The Labute approximate surface area is 146 Å². The van der Waals surface area contributed by atoms with Gasteiger partial charge in [0.1, 0.15) is 5.75 Å². The van der Waals surface area contributed by atoms with Crippen molar-refractivity contribution in [2.75, 3.05) is 6.61 Å². The molecule has 1 aliphatic carbocycles. The van der Waals surface area contributed by atoms with Crippen molar-refractivity contribution in [2.45, 2.75) is 51.6 Å². The number of carbonyl (C=O) groups is 3. The van der Waals surface area contributed by atoms with Crippen LogP contribution in [0.1, 0.15) is 51.5 Å². The molecule has 136 valence electrons. The summed E-state index contributed by atoms with van der Waals surface area (Å²) in [4.78, 5) is 37.4. The molecule has 1 atom stereocenters. The minimum absolute atomic E-state index is 0.00746. The number of carbonyl (C=O) groups excluding carboxylic acids is 3. The van der Waals surface area contributed by atoms with Gasteiger partial charge in [-0.2, -0.15) is 0 Å². The first-order chi connectivity index (χ1) is 11.6. The fraction of sp³-hybridized carbons (Fsp3) is 0.526. The van der Waals surface area contributed by atoms with Gasteiger partial charge in [0.2, 0.25) is 0 Å². The molecule has 6 heteroatoms. The van der Waals surface area contributed by atoms with Crippen LogP contribution in [0.4, 0.5) is 0 Å². The van der Waals surface area contributed by atoms with E-state index in [1.165, 1.54) is 24.3 Å². The van der Waals surface area contributed by atoms with Crippen LogP contribution in [-0.2, 0) is 19.1 Å². The molecule has 0 heterocycles. The van der Waals surface area contributed by atoms with Crippen LogP contribution in [0.25, 0.3) is 0 Å². The summed E-state index contributed by atoms with van der Waals surface area (Å²) in [6.45, 7) is 5.41. The van der Waals surface area contributed by atoms with Crippen molar-refractivity contribution in [3.63, 3.8) is 0 Å². The van der Waals surface area contributed by atoms with Crippen molar-refractivity contribution in [1.29, 1.82) is 0 Å². The van der Waals surface area contributed by atoms with Gasteiger partial charge in [-0.3, -0.25) is 14.4 Å². The Morgan fingerprint density at radius 2 is 1.68 bits per heavy atom. The minimum Gasteiger partial charge on any atom is -0.508 e. The minimum atomic E-state index is -2.26. The molecule has 25 heavy (non-hydrogen) atoms. The van der Waals surface area contributed by atoms with E-state index in [1.54, 1.807) is 20.8 Å². The lowest BCUT2D eigenvalue weighted by Crippen LogP contribution is -2.57. The maximum Gasteiger partial charge on any atom is 0.306 e. The second kappa shape index (κ2) is 6.96. The van der Waals surface area contributed by atoms with Gasteiger partial charge in [0, 0.05) is 18.8 Å². The van der Waals surface area contributed by atoms with Crippen molar-refractivity contribution in [1.82, 2.24) is 0 Å². The number of aliphatic hydroxyl groups is 1. The topological polar surface area (TPSA) is 101 Å². The van der Waals surface area contributed by atoms with E-state index in [0.29, 0.717) is 5.56 Å². The Bertz CT molecular complexity index is 654. The number of esters is 1. The normalized spacial score (nSPS) is 20.2. The predicted octanol–water partition coefficient (Wildman–Crippen LogP) is 2.12. The summed E-state index contributed by atoms with van der Waals surface area (Å²) in [7, 11) is 0. The van der Waals surface area contributed by atoms with Gasteiger partial charge in [-0.25, -0.2) is 0 Å². The predicted molar refractivity (Wildman–Crippen MR) is 90.1 cm³/mol. The van der Waals surface area contributed by atoms with E-state index in [4.69, 9.17) is 4.74 Å². The van der Waals surface area contributed by atoms with Gasteiger partial charge < -0.3 is 14.9 Å². The molecule has 1 aromatic rings. The number of Topliss-reactive ketones (excluding diaryl/α,β-unsaturated/α-hetero) is 2. The lowest BCUT2D eigenvalue weighted by molar-refractivity contribution is -0.163. The average molecular weight is 348 g/mol. The van der Waals surface area contributed by atoms with Crippen molar-refractivity contribution in [3.8, 4) is 5.75 Å². The average Bonchev–Trinajstić information content (AvgIpc) is 2.51. The fourth-order valence-electron chi connectivity index (χ4n) is 3.35. The molecule has 1 saturated carbocycles. The van der Waals surface area contributed by atoms with Crippen LogP contribution in [0.2, 0.25) is 0 Å². The summed E-state index contributed by atoms with van der Waals surface area (Å²) in [5, 5.41) is 20.5. The van der Waals surface area contributed by atoms with Gasteiger partial charge in [-0.15, -0.1) is 0 Å². The zero-order valence-electron chi connectivity index (χ0n) is 14.7. The zero-order chi connectivity index (χ0) is 18.8. The zero-order valence-corrected chi connectivity index (χ0v) is 14.7. The van der Waals surface area contributed by atoms with Crippen LogP contribution >= 0.6 is 0 Å². The first-order valence-corrected chi connectivity index (χ1v) is 8.33. The van der Waals surface area contributed by atoms with E-state index >= 15 is 0 Å². The Morgan fingerprint density at radius 3 is 2.16 bits per heavy atom. The highest BCUT2D eigenvalue weighted by molar-refractivity contribution is 6.13. The number of hydrogen-bond donors (Lipinski definition) is 2. The van der Waals surface area contributed by atoms with E-state index in [1.807, 2.05) is 0 Å². The Morgan fingerprint density at radius 1 is 1.16 bits per heavy atom. The molecule has 1 fully saturated rings. The van der Waals surface area contributed by atoms with Crippen molar-refractivity contribution < 1.29 is 29.3 Å². The number of ether oxygens (including phenoxy) is 1. The number of rotatable bonds is 5. The third-order valence-electron chi connectivity index (χ3n) is 4.60. The number of phenolic OH excluding ortho intramolecular Hbond substituents is 1. The number of hydrogen-bond acceptors (Lipinski definition) is 6. The van der Waals surface area contributed by atoms with E-state index in [-0.39, 0.29) is 31.6 Å². The molecule has 0 bridgehead atoms. The highest BCUT2D eigenvalue weighted by Gasteiger charge is 2.56. The number of ketones is 2. The molecule has 0 amide bonds. The number of aromatic hydroxyl groups is 1. The van der Waals surface area contributed by atoms with Gasteiger partial charge in [0.15, 0.2) is 17.2 Å². The molecule has 0 aliphatic heterocycles. The molecule has 0 spiro atoms. The van der Waals surface area contributed by atoms with Crippen LogP contribution in [0.3, 0.4) is 0 Å². The summed E-state index contributed by atoms with van der Waals surface area (Å²) < 4.78 is 4.94. The third-order valence-corrected chi connectivity index (χ3v) is 4.60. The lowest BCUT2D eigenvalue weighted by atomic mass is 9.63. The number of phenols is 1. The first kappa shape index (κ1) is 19.1. The summed E-state index contributed by atoms with van der Waals surface area (Å²) in [5.41, 5.74) is -2.36. The summed E-state index contributed by atoms with van der Waals surface area (Å²) in [6.07, 6.45) is -0.202. The van der Waals surface area contributed by atoms with Crippen LogP contribution in [-0.4, -0.2) is 40.0 Å². The second-order valence-corrected chi connectivity index (χ2v) is 7.28. The molecule has 1 aromatic carbocycles. The SMILES string of the molecule is CCOC(=O)CC(c1ccc(O)cc1)C1(O)C(=O)CC(C)(C)CC1=O. The van der Waals surface area contributed by atoms with Crippen LogP contribution < -0.4 is 0 Å². The fourth-order valence-corrected chi connectivity index (χ4v) is 3.35. The Kier molecular flexibility index (Phi) is 5.32. The molecular formula is C19H24O6. The maximum absolute atomic E-state index is 12.7. The Balaban J connectivity index is 2.46. The second-order valence-electron chi connectivity index (χ2n) is 7.28. The number of benzene rings is 1. The van der Waals surface area contributed by atoms with Gasteiger partial charge in [-0.05, 0) is 30.0 Å². The summed E-state index contributed by atoms with van der Waals surface area (Å²) in [6, 6.07) is 5.77. The third kappa shape index (κ3) is 3.90. The standard InChI is InChI=1S/C19H24O6/c1-4-25-17(23)9-14(12-5-7-13(20)8-6-12)19(24)15(21)10-18(2,3)11-16(19)22/h5-8,14,20,24H,4,9-11H2,1-3H3. The van der Waals surface area contributed by atoms with Crippen molar-refractivity contribution in [3.05, 3.63) is 29.8 Å².